The number of hydrogen-bond acceptors (Lipinski definition) is 5. The van der Waals surface area contributed by atoms with Crippen LogP contribution in [0.4, 0.5) is 0 Å². The standard InChI is InChI=1S/C24H27N3O3S/c1-4-11-25-23(28)20-13-22(27(16(20)2)14-19-6-5-12-30-19)21-15-31-24(26-21)17-7-9-18(29-3)10-8-17/h4,7-10,13,15,19H,1,5-6,11-12,14H2,2-3H3,(H,25,28). The normalized spacial score (nSPS) is 15.7. The highest BCUT2D eigenvalue weighted by molar-refractivity contribution is 7.13. The number of nitrogens with one attached hydrogen (secondary N) is 1. The van der Waals surface area contributed by atoms with Gasteiger partial charge in [-0.1, -0.05) is 6.08 Å². The number of rotatable bonds is 8. The Bertz CT molecular complexity index is 1060. The number of hydrogen-bond donors (Lipinski definition) is 1. The summed E-state index contributed by atoms with van der Waals surface area (Å²) in [5.41, 5.74) is 4.42. The van der Waals surface area contributed by atoms with Gasteiger partial charge in [0.15, 0.2) is 0 Å². The molecule has 1 unspecified atom stereocenters. The molecule has 2 aromatic heterocycles. The number of ether oxygens (including phenoxy) is 2. The summed E-state index contributed by atoms with van der Waals surface area (Å²) in [7, 11) is 1.66. The monoisotopic (exact) mass is 437 g/mol. The first kappa shape index (κ1) is 21.3. The summed E-state index contributed by atoms with van der Waals surface area (Å²) in [5.74, 6) is 0.715. The Balaban J connectivity index is 1.69. The van der Waals surface area contributed by atoms with Gasteiger partial charge in [0, 0.05) is 36.3 Å². The summed E-state index contributed by atoms with van der Waals surface area (Å²) in [4.78, 5) is 17.6. The van der Waals surface area contributed by atoms with E-state index >= 15 is 0 Å². The van der Waals surface area contributed by atoms with Crippen LogP contribution in [0.25, 0.3) is 22.0 Å². The number of thiazole rings is 1. The molecule has 1 amide bonds. The lowest BCUT2D eigenvalue weighted by atomic mass is 10.2. The van der Waals surface area contributed by atoms with Crippen molar-refractivity contribution in [2.24, 2.45) is 0 Å². The number of benzene rings is 1. The zero-order valence-electron chi connectivity index (χ0n) is 17.9. The van der Waals surface area contributed by atoms with E-state index in [-0.39, 0.29) is 12.0 Å². The first-order valence-electron chi connectivity index (χ1n) is 10.4. The molecule has 4 rings (SSSR count). The molecule has 6 nitrogen and oxygen atoms in total. The van der Waals surface area contributed by atoms with Crippen molar-refractivity contribution < 1.29 is 14.3 Å². The first-order valence-corrected chi connectivity index (χ1v) is 11.3. The zero-order chi connectivity index (χ0) is 21.8. The molecule has 1 aliphatic rings. The van der Waals surface area contributed by atoms with Crippen molar-refractivity contribution in [3.63, 3.8) is 0 Å². The molecule has 1 aliphatic heterocycles. The van der Waals surface area contributed by atoms with Crippen LogP contribution in [0, 0.1) is 6.92 Å². The molecule has 31 heavy (non-hydrogen) atoms. The van der Waals surface area contributed by atoms with E-state index < -0.39 is 0 Å². The van der Waals surface area contributed by atoms with Gasteiger partial charge in [0.05, 0.1) is 30.2 Å². The highest BCUT2D eigenvalue weighted by atomic mass is 32.1. The van der Waals surface area contributed by atoms with E-state index in [0.29, 0.717) is 18.7 Å². The molecule has 3 heterocycles. The van der Waals surface area contributed by atoms with E-state index in [1.54, 1.807) is 24.5 Å². The van der Waals surface area contributed by atoms with Crippen LogP contribution in [0.2, 0.25) is 0 Å². The highest BCUT2D eigenvalue weighted by Crippen LogP contribution is 2.33. The van der Waals surface area contributed by atoms with Crippen molar-refractivity contribution >= 4 is 17.2 Å². The molecule has 162 valence electrons. The lowest BCUT2D eigenvalue weighted by molar-refractivity contribution is 0.0944. The Kier molecular flexibility index (Phi) is 6.53. The Morgan fingerprint density at radius 3 is 2.90 bits per heavy atom. The average Bonchev–Trinajstić information content (AvgIpc) is 3.54. The Labute approximate surface area is 186 Å². The molecule has 1 N–H and O–H groups in total. The number of carbonyl (C=O) groups is 1. The smallest absolute Gasteiger partial charge is 0.253 e. The summed E-state index contributed by atoms with van der Waals surface area (Å²) in [6.07, 6.45) is 3.95. The topological polar surface area (TPSA) is 65.4 Å². The van der Waals surface area contributed by atoms with Gasteiger partial charge in [-0.05, 0) is 50.1 Å². The molecule has 1 saturated heterocycles. The van der Waals surface area contributed by atoms with Crippen LogP contribution < -0.4 is 10.1 Å². The Morgan fingerprint density at radius 1 is 1.42 bits per heavy atom. The minimum Gasteiger partial charge on any atom is -0.497 e. The van der Waals surface area contributed by atoms with E-state index in [2.05, 4.69) is 16.5 Å². The van der Waals surface area contributed by atoms with Crippen molar-refractivity contribution in [1.82, 2.24) is 14.9 Å². The van der Waals surface area contributed by atoms with E-state index in [1.807, 2.05) is 42.6 Å². The van der Waals surface area contributed by atoms with Crippen LogP contribution in [0.1, 0.15) is 28.9 Å². The van der Waals surface area contributed by atoms with E-state index in [0.717, 1.165) is 52.9 Å². The molecular weight excluding hydrogens is 410 g/mol. The minimum atomic E-state index is -0.102. The minimum absolute atomic E-state index is 0.102. The summed E-state index contributed by atoms with van der Waals surface area (Å²) >= 11 is 1.59. The molecule has 0 saturated carbocycles. The number of methoxy groups -OCH3 is 1. The molecule has 1 atom stereocenters. The maximum absolute atomic E-state index is 12.7. The molecule has 7 heteroatoms. The summed E-state index contributed by atoms with van der Waals surface area (Å²) in [6.45, 7) is 7.61. The lowest BCUT2D eigenvalue weighted by Crippen LogP contribution is -2.24. The van der Waals surface area contributed by atoms with Gasteiger partial charge in [-0.15, -0.1) is 17.9 Å². The molecule has 0 bridgehead atoms. The van der Waals surface area contributed by atoms with Crippen molar-refractivity contribution in [3.05, 3.63) is 59.6 Å². The number of amides is 1. The third-order valence-corrected chi connectivity index (χ3v) is 6.42. The van der Waals surface area contributed by atoms with Gasteiger partial charge in [0.1, 0.15) is 10.8 Å². The predicted octanol–water partition coefficient (Wildman–Crippen LogP) is 4.69. The molecule has 0 aliphatic carbocycles. The average molecular weight is 438 g/mol. The van der Waals surface area contributed by atoms with E-state index in [4.69, 9.17) is 14.5 Å². The van der Waals surface area contributed by atoms with Gasteiger partial charge in [-0.3, -0.25) is 4.79 Å². The van der Waals surface area contributed by atoms with Gasteiger partial charge < -0.3 is 19.4 Å². The molecule has 1 aromatic carbocycles. The first-order chi connectivity index (χ1) is 15.1. The van der Waals surface area contributed by atoms with Crippen LogP contribution in [0.5, 0.6) is 5.75 Å². The van der Waals surface area contributed by atoms with Gasteiger partial charge in [0.2, 0.25) is 0 Å². The maximum Gasteiger partial charge on any atom is 0.253 e. The van der Waals surface area contributed by atoms with Crippen LogP contribution in [0.3, 0.4) is 0 Å². The SMILES string of the molecule is C=CCNC(=O)c1cc(-c2csc(-c3ccc(OC)cc3)n2)n(CC2CCCO2)c1C. The zero-order valence-corrected chi connectivity index (χ0v) is 18.7. The number of aromatic nitrogens is 2. The summed E-state index contributed by atoms with van der Waals surface area (Å²) in [6, 6.07) is 9.82. The quantitative estimate of drug-likeness (QED) is 0.519. The predicted molar refractivity (Wildman–Crippen MR) is 124 cm³/mol. The van der Waals surface area contributed by atoms with Crippen molar-refractivity contribution in [2.75, 3.05) is 20.3 Å². The van der Waals surface area contributed by atoms with E-state index in [1.165, 1.54) is 0 Å². The fraction of sp³-hybridized carbons (Fsp3) is 0.333. The molecule has 0 spiro atoms. The van der Waals surface area contributed by atoms with Crippen LogP contribution in [-0.2, 0) is 11.3 Å². The molecule has 1 fully saturated rings. The molecule has 3 aromatic rings. The second-order valence-corrected chi connectivity index (χ2v) is 8.40. The third kappa shape index (κ3) is 4.57. The Morgan fingerprint density at radius 2 is 2.23 bits per heavy atom. The van der Waals surface area contributed by atoms with Crippen LogP contribution in [0.15, 0.2) is 48.4 Å². The van der Waals surface area contributed by atoms with Gasteiger partial charge in [-0.25, -0.2) is 4.98 Å². The summed E-state index contributed by atoms with van der Waals surface area (Å²) in [5, 5.41) is 5.86. The van der Waals surface area contributed by atoms with Gasteiger partial charge in [-0.2, -0.15) is 0 Å². The third-order valence-electron chi connectivity index (χ3n) is 5.53. The fourth-order valence-electron chi connectivity index (χ4n) is 3.83. The molecular formula is C24H27N3O3S. The van der Waals surface area contributed by atoms with Crippen molar-refractivity contribution in [1.29, 1.82) is 0 Å². The van der Waals surface area contributed by atoms with Crippen LogP contribution >= 0.6 is 11.3 Å². The van der Waals surface area contributed by atoms with Gasteiger partial charge in [0.25, 0.3) is 5.91 Å². The molecule has 0 radical (unpaired) electrons. The second kappa shape index (κ2) is 9.49. The van der Waals surface area contributed by atoms with Crippen LogP contribution in [-0.4, -0.2) is 41.8 Å². The second-order valence-electron chi connectivity index (χ2n) is 7.54. The maximum atomic E-state index is 12.7. The largest absolute Gasteiger partial charge is 0.497 e. The lowest BCUT2D eigenvalue weighted by Gasteiger charge is -2.15. The van der Waals surface area contributed by atoms with Gasteiger partial charge >= 0.3 is 0 Å². The van der Waals surface area contributed by atoms with Crippen molar-refractivity contribution in [2.45, 2.75) is 32.4 Å². The number of nitrogens with zero attached hydrogens (tertiary/aromatic N) is 2. The Hall–Kier alpha value is -2.90. The fourth-order valence-corrected chi connectivity index (χ4v) is 4.65. The van der Waals surface area contributed by atoms with Crippen molar-refractivity contribution in [3.8, 4) is 27.7 Å². The van der Waals surface area contributed by atoms with E-state index in [9.17, 15) is 4.79 Å². The number of carbonyl (C=O) groups excluding carboxylic acids is 1. The highest BCUT2D eigenvalue weighted by Gasteiger charge is 2.24. The summed E-state index contributed by atoms with van der Waals surface area (Å²) < 4.78 is 13.3.